The fraction of sp³-hybridized carbons (Fsp3) is 0.600. The Kier molecular flexibility index (Phi) is 1.20. The van der Waals surface area contributed by atoms with Gasteiger partial charge in [-0.15, -0.1) is 0 Å². The molecule has 2 nitrogen and oxygen atoms in total. The van der Waals surface area contributed by atoms with E-state index in [1.54, 1.807) is 0 Å². The highest BCUT2D eigenvalue weighted by Gasteiger charge is 2.39. The zero-order chi connectivity index (χ0) is 8.13. The monoisotopic (exact) mass is 162 g/mol. The third-order valence-electron chi connectivity index (χ3n) is 3.37. The molecule has 1 aromatic heterocycles. The molecule has 1 fully saturated rings. The van der Waals surface area contributed by atoms with Gasteiger partial charge in [0, 0.05) is 18.4 Å². The van der Waals surface area contributed by atoms with Gasteiger partial charge >= 0.3 is 0 Å². The van der Waals surface area contributed by atoms with E-state index in [1.165, 1.54) is 25.2 Å². The van der Waals surface area contributed by atoms with Crippen molar-refractivity contribution in [3.8, 4) is 0 Å². The molecule has 0 aromatic carbocycles. The van der Waals surface area contributed by atoms with Gasteiger partial charge in [-0.3, -0.25) is 4.90 Å². The second-order valence-electron chi connectivity index (χ2n) is 4.06. The molecule has 0 radical (unpaired) electrons. The van der Waals surface area contributed by atoms with Crippen molar-refractivity contribution in [1.82, 2.24) is 9.47 Å². The van der Waals surface area contributed by atoms with Crippen molar-refractivity contribution >= 4 is 0 Å². The zero-order valence-corrected chi connectivity index (χ0v) is 7.40. The van der Waals surface area contributed by atoms with E-state index in [2.05, 4.69) is 34.8 Å². The van der Waals surface area contributed by atoms with Crippen LogP contribution in [0.4, 0.5) is 0 Å². The summed E-state index contributed by atoms with van der Waals surface area (Å²) in [6.07, 6.45) is 3.59. The molecule has 64 valence electrons. The Labute approximate surface area is 72.8 Å². The van der Waals surface area contributed by atoms with E-state index in [4.69, 9.17) is 0 Å². The number of fused-ring (bicyclic) bond motifs is 3. The van der Waals surface area contributed by atoms with Gasteiger partial charge in [0.25, 0.3) is 0 Å². The van der Waals surface area contributed by atoms with Crippen LogP contribution in [0.25, 0.3) is 0 Å². The lowest BCUT2D eigenvalue weighted by molar-refractivity contribution is 0.292. The first-order valence-electron chi connectivity index (χ1n) is 4.71. The number of aromatic nitrogens is 1. The van der Waals surface area contributed by atoms with Crippen LogP contribution in [0.1, 0.15) is 18.2 Å². The smallest absolute Gasteiger partial charge is 0.0543 e. The summed E-state index contributed by atoms with van der Waals surface area (Å²) in [6, 6.07) is 5.16. The Morgan fingerprint density at radius 3 is 3.33 bits per heavy atom. The van der Waals surface area contributed by atoms with Crippen LogP contribution in [-0.2, 0) is 6.54 Å². The van der Waals surface area contributed by atoms with Crippen molar-refractivity contribution in [3.63, 3.8) is 0 Å². The van der Waals surface area contributed by atoms with Crippen LogP contribution in [0.3, 0.4) is 0 Å². The Morgan fingerprint density at radius 2 is 2.42 bits per heavy atom. The quantitative estimate of drug-likeness (QED) is 0.561. The van der Waals surface area contributed by atoms with Crippen LogP contribution in [0.15, 0.2) is 18.3 Å². The lowest BCUT2D eigenvalue weighted by Crippen LogP contribution is -2.18. The summed E-state index contributed by atoms with van der Waals surface area (Å²) in [5, 5.41) is 0. The van der Waals surface area contributed by atoms with Gasteiger partial charge in [0.05, 0.1) is 6.04 Å². The molecule has 2 atom stereocenters. The highest BCUT2D eigenvalue weighted by Crippen LogP contribution is 2.42. The fourth-order valence-electron chi connectivity index (χ4n) is 2.80. The SMILES string of the molecule is CN1CCC2Cn3cccc3C21. The van der Waals surface area contributed by atoms with Crippen molar-refractivity contribution in [1.29, 1.82) is 0 Å². The van der Waals surface area contributed by atoms with E-state index in [9.17, 15) is 0 Å². The molecular weight excluding hydrogens is 148 g/mol. The second kappa shape index (κ2) is 2.13. The zero-order valence-electron chi connectivity index (χ0n) is 7.40. The van der Waals surface area contributed by atoms with Gasteiger partial charge in [-0.05, 0) is 38.1 Å². The van der Waals surface area contributed by atoms with Gasteiger partial charge in [-0.25, -0.2) is 0 Å². The standard InChI is InChI=1S/C10H14N2/c1-11-6-4-8-7-12-5-2-3-9(12)10(8)11/h2-3,5,8,10H,4,6-7H2,1H3. The van der Waals surface area contributed by atoms with Gasteiger partial charge in [0.15, 0.2) is 0 Å². The summed E-state index contributed by atoms with van der Waals surface area (Å²) >= 11 is 0. The summed E-state index contributed by atoms with van der Waals surface area (Å²) < 4.78 is 2.41. The van der Waals surface area contributed by atoms with Gasteiger partial charge in [0.2, 0.25) is 0 Å². The molecule has 0 bridgehead atoms. The summed E-state index contributed by atoms with van der Waals surface area (Å²) in [4.78, 5) is 2.49. The highest BCUT2D eigenvalue weighted by atomic mass is 15.2. The minimum atomic E-state index is 0.722. The van der Waals surface area contributed by atoms with E-state index in [1.807, 2.05) is 0 Å². The van der Waals surface area contributed by atoms with Gasteiger partial charge in [0.1, 0.15) is 0 Å². The highest BCUT2D eigenvalue weighted by molar-refractivity contribution is 5.19. The number of hydrogen-bond donors (Lipinski definition) is 0. The van der Waals surface area contributed by atoms with E-state index in [-0.39, 0.29) is 0 Å². The molecule has 0 N–H and O–H groups in total. The molecule has 0 amide bonds. The summed E-state index contributed by atoms with van der Waals surface area (Å²) in [6.45, 7) is 2.53. The van der Waals surface area contributed by atoms with Gasteiger partial charge < -0.3 is 4.57 Å². The summed E-state index contributed by atoms with van der Waals surface area (Å²) in [7, 11) is 2.24. The maximum absolute atomic E-state index is 2.49. The average molecular weight is 162 g/mol. The number of likely N-dealkylation sites (tertiary alicyclic amines) is 1. The Bertz CT molecular complexity index is 303. The summed E-state index contributed by atoms with van der Waals surface area (Å²) in [5.41, 5.74) is 1.53. The van der Waals surface area contributed by atoms with E-state index in [0.717, 1.165) is 12.0 Å². The molecule has 3 rings (SSSR count). The molecule has 0 spiro atoms. The first kappa shape index (κ1) is 6.72. The lowest BCUT2D eigenvalue weighted by Gasteiger charge is -2.17. The van der Waals surface area contributed by atoms with Crippen LogP contribution in [-0.4, -0.2) is 23.1 Å². The third-order valence-corrected chi connectivity index (χ3v) is 3.37. The number of hydrogen-bond acceptors (Lipinski definition) is 1. The third kappa shape index (κ3) is 0.686. The van der Waals surface area contributed by atoms with Crippen LogP contribution in [0.2, 0.25) is 0 Å². The molecule has 0 saturated carbocycles. The van der Waals surface area contributed by atoms with E-state index >= 15 is 0 Å². The largest absolute Gasteiger partial charge is 0.350 e. The van der Waals surface area contributed by atoms with Crippen LogP contribution in [0, 0.1) is 5.92 Å². The van der Waals surface area contributed by atoms with Crippen molar-refractivity contribution in [2.75, 3.05) is 13.6 Å². The fourth-order valence-corrected chi connectivity index (χ4v) is 2.80. The minimum Gasteiger partial charge on any atom is -0.350 e. The maximum Gasteiger partial charge on any atom is 0.0543 e. The molecule has 2 aliphatic heterocycles. The Balaban J connectivity index is 2.06. The normalized spacial score (nSPS) is 33.8. The average Bonchev–Trinajstić information content (AvgIpc) is 2.61. The van der Waals surface area contributed by atoms with Crippen molar-refractivity contribution < 1.29 is 0 Å². The lowest BCUT2D eigenvalue weighted by atomic mass is 10.0. The predicted molar refractivity (Wildman–Crippen MR) is 47.9 cm³/mol. The number of rotatable bonds is 0. The molecule has 12 heavy (non-hydrogen) atoms. The first-order valence-corrected chi connectivity index (χ1v) is 4.71. The van der Waals surface area contributed by atoms with Gasteiger partial charge in [-0.2, -0.15) is 0 Å². The van der Waals surface area contributed by atoms with Gasteiger partial charge in [-0.1, -0.05) is 0 Å². The summed E-state index contributed by atoms with van der Waals surface area (Å²) in [5.74, 6) is 0.895. The van der Waals surface area contributed by atoms with E-state index in [0.29, 0.717) is 0 Å². The van der Waals surface area contributed by atoms with Crippen molar-refractivity contribution in [3.05, 3.63) is 24.0 Å². The molecule has 2 heteroatoms. The molecule has 3 heterocycles. The number of nitrogens with zero attached hydrogens (tertiary/aromatic N) is 2. The maximum atomic E-state index is 2.49. The Morgan fingerprint density at radius 1 is 1.50 bits per heavy atom. The van der Waals surface area contributed by atoms with Crippen LogP contribution in [0.5, 0.6) is 0 Å². The van der Waals surface area contributed by atoms with E-state index < -0.39 is 0 Å². The topological polar surface area (TPSA) is 8.17 Å². The van der Waals surface area contributed by atoms with Crippen molar-refractivity contribution in [2.24, 2.45) is 5.92 Å². The Hall–Kier alpha value is -0.760. The first-order chi connectivity index (χ1) is 5.86. The van der Waals surface area contributed by atoms with Crippen LogP contribution >= 0.6 is 0 Å². The molecule has 2 aliphatic rings. The predicted octanol–water partition coefficient (Wildman–Crippen LogP) is 1.49. The minimum absolute atomic E-state index is 0.722. The molecule has 0 aliphatic carbocycles. The van der Waals surface area contributed by atoms with Crippen LogP contribution < -0.4 is 0 Å². The molecular formula is C10H14N2. The molecule has 2 unspecified atom stereocenters. The molecule has 1 aromatic rings. The second-order valence-corrected chi connectivity index (χ2v) is 4.06. The molecule has 1 saturated heterocycles. The van der Waals surface area contributed by atoms with Crippen molar-refractivity contribution in [2.45, 2.75) is 19.0 Å².